The average molecular weight is 273 g/mol. The highest BCUT2D eigenvalue weighted by molar-refractivity contribution is 5.16. The van der Waals surface area contributed by atoms with Crippen molar-refractivity contribution in [3.05, 3.63) is 29.6 Å². The van der Waals surface area contributed by atoms with Crippen molar-refractivity contribution in [2.24, 2.45) is 11.7 Å². The van der Waals surface area contributed by atoms with Crippen LogP contribution in [0.4, 0.5) is 13.2 Å². The fraction of sp³-hybridized carbons (Fsp3) is 0.615. The molecule has 0 amide bonds. The van der Waals surface area contributed by atoms with E-state index in [0.29, 0.717) is 26.2 Å². The molecule has 0 radical (unpaired) electrons. The molecule has 0 unspecified atom stereocenters. The summed E-state index contributed by atoms with van der Waals surface area (Å²) in [7, 11) is 0. The first-order chi connectivity index (χ1) is 8.99. The van der Waals surface area contributed by atoms with Crippen LogP contribution >= 0.6 is 0 Å². The van der Waals surface area contributed by atoms with Crippen LogP contribution in [0.5, 0.6) is 0 Å². The van der Waals surface area contributed by atoms with Crippen LogP contribution in [0.3, 0.4) is 0 Å². The smallest absolute Gasteiger partial charge is 0.325 e. The molecule has 19 heavy (non-hydrogen) atoms. The van der Waals surface area contributed by atoms with Crippen LogP contribution in [0.2, 0.25) is 0 Å². The molecule has 0 bridgehead atoms. The first kappa shape index (κ1) is 14.3. The summed E-state index contributed by atoms with van der Waals surface area (Å²) in [5, 5.41) is 0. The van der Waals surface area contributed by atoms with Gasteiger partial charge in [0.1, 0.15) is 0 Å². The zero-order valence-corrected chi connectivity index (χ0v) is 10.7. The molecule has 0 spiro atoms. The number of halogens is 3. The van der Waals surface area contributed by atoms with E-state index in [1.54, 1.807) is 6.20 Å². The summed E-state index contributed by atoms with van der Waals surface area (Å²) in [6, 6.07) is 3.80. The predicted molar refractivity (Wildman–Crippen MR) is 66.2 cm³/mol. The van der Waals surface area contributed by atoms with Crippen LogP contribution in [0, 0.1) is 5.92 Å². The van der Waals surface area contributed by atoms with Gasteiger partial charge in [-0.15, -0.1) is 0 Å². The highest BCUT2D eigenvalue weighted by atomic mass is 19.4. The molecule has 0 aromatic carbocycles. The van der Waals surface area contributed by atoms with Gasteiger partial charge >= 0.3 is 6.18 Å². The minimum absolute atomic E-state index is 0.193. The third-order valence-electron chi connectivity index (χ3n) is 3.55. The van der Waals surface area contributed by atoms with Gasteiger partial charge in [0.25, 0.3) is 0 Å². The first-order valence-electron chi connectivity index (χ1n) is 6.42. The van der Waals surface area contributed by atoms with E-state index in [4.69, 9.17) is 5.73 Å². The van der Waals surface area contributed by atoms with E-state index < -0.39 is 12.1 Å². The predicted octanol–water partition coefficient (Wildman–Crippen LogP) is 2.31. The van der Waals surface area contributed by atoms with Crippen molar-refractivity contribution in [1.82, 2.24) is 9.88 Å². The van der Waals surface area contributed by atoms with Gasteiger partial charge in [-0.25, -0.2) is 0 Å². The molecule has 0 aliphatic carbocycles. The number of pyridine rings is 1. The normalized spacial score (nSPS) is 18.7. The number of likely N-dealkylation sites (tertiary alicyclic amines) is 1. The zero-order chi connectivity index (χ0) is 13.9. The molecule has 1 saturated heterocycles. The second-order valence-corrected chi connectivity index (χ2v) is 4.95. The zero-order valence-electron chi connectivity index (χ0n) is 10.7. The number of nitrogens with two attached hydrogens (primary N) is 1. The maximum absolute atomic E-state index is 12.6. The minimum Gasteiger partial charge on any atom is -0.325 e. The number of nitrogens with zero attached hydrogens (tertiary/aromatic N) is 2. The van der Waals surface area contributed by atoms with Gasteiger partial charge < -0.3 is 5.73 Å². The maximum atomic E-state index is 12.6. The van der Waals surface area contributed by atoms with Crippen LogP contribution in [0.1, 0.15) is 24.1 Å². The minimum atomic E-state index is -4.05. The second-order valence-electron chi connectivity index (χ2n) is 4.95. The van der Waals surface area contributed by atoms with Gasteiger partial charge in [-0.2, -0.15) is 13.2 Å². The van der Waals surface area contributed by atoms with Gasteiger partial charge in [-0.05, 0) is 43.6 Å². The Bertz CT molecular complexity index is 412. The number of aromatic nitrogens is 1. The molecule has 3 nitrogen and oxygen atoms in total. The van der Waals surface area contributed by atoms with Crippen molar-refractivity contribution < 1.29 is 13.2 Å². The van der Waals surface area contributed by atoms with Crippen LogP contribution < -0.4 is 5.73 Å². The van der Waals surface area contributed by atoms with Gasteiger partial charge in [0.05, 0.1) is 11.6 Å². The van der Waals surface area contributed by atoms with Crippen molar-refractivity contribution in [2.45, 2.75) is 32.1 Å². The van der Waals surface area contributed by atoms with Gasteiger partial charge in [-0.3, -0.25) is 9.88 Å². The molecule has 6 heteroatoms. The maximum Gasteiger partial charge on any atom is 0.391 e. The van der Waals surface area contributed by atoms with Crippen molar-refractivity contribution in [3.63, 3.8) is 0 Å². The molecule has 106 valence electrons. The lowest BCUT2D eigenvalue weighted by molar-refractivity contribution is -0.185. The quantitative estimate of drug-likeness (QED) is 0.919. The fourth-order valence-corrected chi connectivity index (χ4v) is 2.41. The van der Waals surface area contributed by atoms with Crippen molar-refractivity contribution in [1.29, 1.82) is 0 Å². The Hall–Kier alpha value is -1.14. The van der Waals surface area contributed by atoms with E-state index in [1.165, 1.54) is 0 Å². The number of rotatable bonds is 3. The number of hydrogen-bond donors (Lipinski definition) is 1. The summed E-state index contributed by atoms with van der Waals surface area (Å²) >= 11 is 0. The Balaban J connectivity index is 1.88. The molecule has 1 aliphatic rings. The summed E-state index contributed by atoms with van der Waals surface area (Å²) in [5.41, 5.74) is 7.38. The van der Waals surface area contributed by atoms with Gasteiger partial charge in [0.2, 0.25) is 0 Å². The molecule has 0 saturated carbocycles. The molecule has 1 aromatic rings. The number of alkyl halides is 3. The number of hydrogen-bond acceptors (Lipinski definition) is 3. The van der Waals surface area contributed by atoms with Crippen molar-refractivity contribution in [2.75, 3.05) is 13.1 Å². The lowest BCUT2D eigenvalue weighted by Crippen LogP contribution is -2.38. The summed E-state index contributed by atoms with van der Waals surface area (Å²) in [6.07, 6.45) is -1.97. The van der Waals surface area contributed by atoms with Crippen LogP contribution in [-0.4, -0.2) is 29.1 Å². The summed E-state index contributed by atoms with van der Waals surface area (Å²) in [6.45, 7) is 2.03. The van der Waals surface area contributed by atoms with Gasteiger partial charge in [-0.1, -0.05) is 0 Å². The van der Waals surface area contributed by atoms with E-state index in [0.717, 1.165) is 11.3 Å². The molecule has 1 aromatic heterocycles. The Labute approximate surface area is 110 Å². The molecule has 1 aliphatic heterocycles. The summed E-state index contributed by atoms with van der Waals surface area (Å²) < 4.78 is 37.7. The third kappa shape index (κ3) is 3.91. The largest absolute Gasteiger partial charge is 0.391 e. The Morgan fingerprint density at radius 3 is 2.58 bits per heavy atom. The number of piperidine rings is 1. The van der Waals surface area contributed by atoms with Gasteiger partial charge in [0.15, 0.2) is 0 Å². The van der Waals surface area contributed by atoms with E-state index in [1.807, 2.05) is 12.1 Å². The molecule has 0 atom stereocenters. The fourth-order valence-electron chi connectivity index (χ4n) is 2.41. The summed E-state index contributed by atoms with van der Waals surface area (Å²) in [5.74, 6) is -1.14. The highest BCUT2D eigenvalue weighted by Crippen LogP contribution is 2.34. The SMILES string of the molecule is NCc1cc(CN2CCC(C(F)(F)F)CC2)ccn1. The molecule has 2 rings (SSSR count). The lowest BCUT2D eigenvalue weighted by Gasteiger charge is -2.32. The third-order valence-corrected chi connectivity index (χ3v) is 3.55. The van der Waals surface area contributed by atoms with Crippen LogP contribution in [0.25, 0.3) is 0 Å². The molecule has 2 N–H and O–H groups in total. The summed E-state index contributed by atoms with van der Waals surface area (Å²) in [4.78, 5) is 6.16. The van der Waals surface area contributed by atoms with Crippen molar-refractivity contribution in [3.8, 4) is 0 Å². The lowest BCUT2D eigenvalue weighted by atomic mass is 9.96. The Morgan fingerprint density at radius 2 is 2.00 bits per heavy atom. The Morgan fingerprint density at radius 1 is 1.32 bits per heavy atom. The topological polar surface area (TPSA) is 42.1 Å². The van der Waals surface area contributed by atoms with E-state index in [9.17, 15) is 13.2 Å². The second kappa shape index (κ2) is 5.88. The van der Waals surface area contributed by atoms with Gasteiger partial charge in [0, 0.05) is 19.3 Å². The highest BCUT2D eigenvalue weighted by Gasteiger charge is 2.40. The van der Waals surface area contributed by atoms with E-state index in [2.05, 4.69) is 9.88 Å². The Kier molecular flexibility index (Phi) is 4.42. The first-order valence-corrected chi connectivity index (χ1v) is 6.42. The van der Waals surface area contributed by atoms with Crippen LogP contribution in [0.15, 0.2) is 18.3 Å². The molecule has 1 fully saturated rings. The molecule has 2 heterocycles. The van der Waals surface area contributed by atoms with E-state index in [-0.39, 0.29) is 12.8 Å². The van der Waals surface area contributed by atoms with E-state index >= 15 is 0 Å². The monoisotopic (exact) mass is 273 g/mol. The van der Waals surface area contributed by atoms with Crippen LogP contribution in [-0.2, 0) is 13.1 Å². The molecular formula is C13H18F3N3. The van der Waals surface area contributed by atoms with Crippen molar-refractivity contribution >= 4 is 0 Å². The standard InChI is InChI=1S/C13H18F3N3/c14-13(15,16)11-2-5-19(6-3-11)9-10-1-4-18-12(7-10)8-17/h1,4,7,11H,2-3,5-6,8-9,17H2. The average Bonchev–Trinajstić information content (AvgIpc) is 2.38. The molecular weight excluding hydrogens is 255 g/mol.